The number of hydrogen-bond donors (Lipinski definition) is 3. The molecule has 10 heteroatoms. The average Bonchev–Trinajstić information content (AvgIpc) is 2.99. The van der Waals surface area contributed by atoms with Gasteiger partial charge in [0.15, 0.2) is 11.6 Å². The van der Waals surface area contributed by atoms with Crippen molar-refractivity contribution in [2.75, 3.05) is 43.9 Å². The van der Waals surface area contributed by atoms with Gasteiger partial charge < -0.3 is 25.4 Å². The number of aromatic amines is 1. The van der Waals surface area contributed by atoms with E-state index in [9.17, 15) is 14.4 Å². The summed E-state index contributed by atoms with van der Waals surface area (Å²) in [5.74, 6) is -1.20. The Morgan fingerprint density at radius 2 is 1.56 bits per heavy atom. The van der Waals surface area contributed by atoms with Crippen LogP contribution in [0.25, 0.3) is 11.3 Å². The van der Waals surface area contributed by atoms with E-state index in [0.29, 0.717) is 29.9 Å². The summed E-state index contributed by atoms with van der Waals surface area (Å²) >= 11 is 0. The lowest BCUT2D eigenvalue weighted by atomic mass is 9.87. The molecule has 0 spiro atoms. The molecule has 1 aromatic heterocycles. The van der Waals surface area contributed by atoms with Gasteiger partial charge in [-0.2, -0.15) is 0 Å². The van der Waals surface area contributed by atoms with Crippen molar-refractivity contribution in [2.45, 2.75) is 26.2 Å². The SMILES string of the molecule is CN1CCN(C(=O)c2ccc(Nc3nc(-c4cccc(NC(=O)c5ccc(C(C)(C)C)cc5)c4F)c[nH]c3=O)cc2)CC1. The third kappa shape index (κ3) is 6.81. The van der Waals surface area contributed by atoms with Crippen LogP contribution >= 0.6 is 0 Å². The Morgan fingerprint density at radius 3 is 2.21 bits per heavy atom. The number of hydrogen-bond acceptors (Lipinski definition) is 6. The number of likely N-dealkylation sites (N-methyl/N-ethyl adjacent to an activating group) is 1. The summed E-state index contributed by atoms with van der Waals surface area (Å²) < 4.78 is 15.6. The van der Waals surface area contributed by atoms with E-state index in [-0.39, 0.29) is 34.1 Å². The molecule has 0 unspecified atom stereocenters. The normalized spacial score (nSPS) is 13.9. The van der Waals surface area contributed by atoms with Crippen LogP contribution in [0.3, 0.4) is 0 Å². The highest BCUT2D eigenvalue weighted by Gasteiger charge is 2.21. The number of benzene rings is 3. The molecule has 1 saturated heterocycles. The number of piperazine rings is 1. The summed E-state index contributed by atoms with van der Waals surface area (Å²) in [6.45, 7) is 9.27. The monoisotopic (exact) mass is 582 g/mol. The zero-order chi connectivity index (χ0) is 30.7. The highest BCUT2D eigenvalue weighted by atomic mass is 19.1. The Labute approximate surface area is 249 Å². The van der Waals surface area contributed by atoms with Crippen LogP contribution < -0.4 is 16.2 Å². The van der Waals surface area contributed by atoms with Crippen molar-refractivity contribution in [2.24, 2.45) is 0 Å². The van der Waals surface area contributed by atoms with E-state index in [1.165, 1.54) is 18.3 Å². The summed E-state index contributed by atoms with van der Waals surface area (Å²) in [7, 11) is 2.03. The first kappa shape index (κ1) is 29.7. The average molecular weight is 583 g/mol. The van der Waals surface area contributed by atoms with Crippen LogP contribution in [-0.2, 0) is 5.41 Å². The van der Waals surface area contributed by atoms with Gasteiger partial charge in [0.05, 0.1) is 11.4 Å². The molecule has 1 fully saturated rings. The number of carbonyl (C=O) groups excluding carboxylic acids is 2. The number of amides is 2. The summed E-state index contributed by atoms with van der Waals surface area (Å²) in [6, 6.07) is 18.6. The predicted octanol–water partition coefficient (Wildman–Crippen LogP) is 5.26. The Balaban J connectivity index is 1.31. The highest BCUT2D eigenvalue weighted by molar-refractivity contribution is 6.04. The Morgan fingerprint density at radius 1 is 0.907 bits per heavy atom. The van der Waals surface area contributed by atoms with Crippen LogP contribution in [0.4, 0.5) is 21.6 Å². The molecule has 2 amide bonds. The van der Waals surface area contributed by atoms with Gasteiger partial charge in [-0.25, -0.2) is 9.37 Å². The van der Waals surface area contributed by atoms with Crippen molar-refractivity contribution in [3.8, 4) is 11.3 Å². The second-order valence-corrected chi connectivity index (χ2v) is 11.7. The van der Waals surface area contributed by atoms with Crippen LogP contribution in [0, 0.1) is 5.82 Å². The summed E-state index contributed by atoms with van der Waals surface area (Å²) in [5, 5.41) is 5.60. The fourth-order valence-corrected chi connectivity index (χ4v) is 4.80. The van der Waals surface area contributed by atoms with E-state index in [0.717, 1.165) is 18.7 Å². The van der Waals surface area contributed by atoms with Crippen LogP contribution in [0.2, 0.25) is 0 Å². The highest BCUT2D eigenvalue weighted by Crippen LogP contribution is 2.28. The first-order valence-electron chi connectivity index (χ1n) is 14.1. The Hall–Kier alpha value is -4.83. The quantitative estimate of drug-likeness (QED) is 0.286. The predicted molar refractivity (Wildman–Crippen MR) is 166 cm³/mol. The minimum absolute atomic E-state index is 0.00878. The van der Waals surface area contributed by atoms with Gasteiger partial charge in [-0.05, 0) is 66.6 Å². The van der Waals surface area contributed by atoms with Crippen molar-refractivity contribution in [3.63, 3.8) is 0 Å². The minimum Gasteiger partial charge on any atom is -0.336 e. The van der Waals surface area contributed by atoms with E-state index in [1.807, 2.05) is 24.1 Å². The number of rotatable bonds is 6. The second-order valence-electron chi connectivity index (χ2n) is 11.7. The van der Waals surface area contributed by atoms with Crippen molar-refractivity contribution in [1.29, 1.82) is 0 Å². The number of carbonyl (C=O) groups is 2. The molecular formula is C33H35FN6O3. The zero-order valence-electron chi connectivity index (χ0n) is 24.7. The molecule has 43 heavy (non-hydrogen) atoms. The van der Waals surface area contributed by atoms with Crippen molar-refractivity contribution >= 4 is 29.0 Å². The van der Waals surface area contributed by atoms with E-state index < -0.39 is 17.3 Å². The molecule has 0 radical (unpaired) electrons. The van der Waals surface area contributed by atoms with Crippen molar-refractivity contribution < 1.29 is 14.0 Å². The van der Waals surface area contributed by atoms with Crippen molar-refractivity contribution in [1.82, 2.24) is 19.8 Å². The van der Waals surface area contributed by atoms with Crippen LogP contribution in [0.5, 0.6) is 0 Å². The Bertz CT molecular complexity index is 1690. The lowest BCUT2D eigenvalue weighted by Gasteiger charge is -2.32. The molecule has 9 nitrogen and oxygen atoms in total. The molecular weight excluding hydrogens is 547 g/mol. The molecule has 1 aliphatic heterocycles. The van der Waals surface area contributed by atoms with Gasteiger partial charge >= 0.3 is 0 Å². The molecule has 3 aromatic carbocycles. The molecule has 222 valence electrons. The summed E-state index contributed by atoms with van der Waals surface area (Å²) in [6.07, 6.45) is 1.32. The number of nitrogens with zero attached hydrogens (tertiary/aromatic N) is 3. The van der Waals surface area contributed by atoms with Gasteiger partial charge in [0.1, 0.15) is 0 Å². The second kappa shape index (κ2) is 12.2. The standard InChI is InChI=1S/C33H35FN6O3/c1-33(2,3)23-12-8-21(9-13-23)30(41)38-26-7-5-6-25(28(26)34)27-20-35-31(42)29(37-27)36-24-14-10-22(11-15-24)32(43)40-18-16-39(4)17-19-40/h5-15,20H,16-19H2,1-4H3,(H,35,42)(H,36,37)(H,38,41). The maximum atomic E-state index is 15.6. The Kier molecular flexibility index (Phi) is 8.40. The van der Waals surface area contributed by atoms with Crippen molar-refractivity contribution in [3.05, 3.63) is 106 Å². The van der Waals surface area contributed by atoms with Gasteiger partial charge in [-0.1, -0.05) is 39.0 Å². The number of aromatic nitrogens is 2. The fraction of sp³-hybridized carbons (Fsp3) is 0.273. The molecule has 2 heterocycles. The number of H-pyrrole nitrogens is 1. The topological polar surface area (TPSA) is 110 Å². The van der Waals surface area contributed by atoms with Gasteiger partial charge in [-0.3, -0.25) is 14.4 Å². The zero-order valence-corrected chi connectivity index (χ0v) is 24.7. The molecule has 0 aliphatic carbocycles. The first-order valence-corrected chi connectivity index (χ1v) is 14.1. The molecule has 4 aromatic rings. The minimum atomic E-state index is -0.681. The largest absolute Gasteiger partial charge is 0.336 e. The van der Waals surface area contributed by atoms with E-state index in [2.05, 4.69) is 46.3 Å². The lowest BCUT2D eigenvalue weighted by Crippen LogP contribution is -2.47. The van der Waals surface area contributed by atoms with Crippen LogP contribution in [0.1, 0.15) is 47.1 Å². The maximum absolute atomic E-state index is 15.6. The number of anilines is 3. The first-order chi connectivity index (χ1) is 20.5. The molecule has 0 saturated carbocycles. The van der Waals surface area contributed by atoms with E-state index in [4.69, 9.17) is 0 Å². The molecule has 0 bridgehead atoms. The van der Waals surface area contributed by atoms with Crippen LogP contribution in [0.15, 0.2) is 77.7 Å². The lowest BCUT2D eigenvalue weighted by molar-refractivity contribution is 0.0664. The fourth-order valence-electron chi connectivity index (χ4n) is 4.80. The number of halogens is 1. The summed E-state index contributed by atoms with van der Waals surface area (Å²) in [5.41, 5.74) is 2.31. The van der Waals surface area contributed by atoms with Gasteiger partial charge in [0.25, 0.3) is 17.4 Å². The maximum Gasteiger partial charge on any atom is 0.291 e. The molecule has 5 rings (SSSR count). The van der Waals surface area contributed by atoms with Crippen LogP contribution in [-0.4, -0.2) is 64.8 Å². The summed E-state index contributed by atoms with van der Waals surface area (Å²) in [4.78, 5) is 49.2. The third-order valence-electron chi connectivity index (χ3n) is 7.51. The van der Waals surface area contributed by atoms with Gasteiger partial charge in [0.2, 0.25) is 0 Å². The van der Waals surface area contributed by atoms with Gasteiger partial charge in [-0.15, -0.1) is 0 Å². The molecule has 1 aliphatic rings. The smallest absolute Gasteiger partial charge is 0.291 e. The molecule has 3 N–H and O–H groups in total. The number of nitrogens with one attached hydrogen (secondary N) is 3. The van der Waals surface area contributed by atoms with E-state index >= 15 is 4.39 Å². The van der Waals surface area contributed by atoms with Gasteiger partial charge in [0, 0.05) is 54.8 Å². The van der Waals surface area contributed by atoms with E-state index in [1.54, 1.807) is 42.5 Å². The third-order valence-corrected chi connectivity index (χ3v) is 7.51. The molecule has 0 atom stereocenters.